The fourth-order valence-corrected chi connectivity index (χ4v) is 4.05. The van der Waals surface area contributed by atoms with Crippen LogP contribution in [0, 0.1) is 0 Å². The summed E-state index contributed by atoms with van der Waals surface area (Å²) >= 11 is 12.1. The van der Waals surface area contributed by atoms with E-state index in [0.29, 0.717) is 28.7 Å². The number of halogens is 2. The lowest BCUT2D eigenvalue weighted by Crippen LogP contribution is -2.49. The smallest absolute Gasteiger partial charge is 0.257 e. The van der Waals surface area contributed by atoms with Crippen molar-refractivity contribution >= 4 is 34.9 Å². The first-order valence-electron chi connectivity index (χ1n) is 9.93. The van der Waals surface area contributed by atoms with Gasteiger partial charge in [-0.2, -0.15) is 5.10 Å². The number of piperazine rings is 1. The summed E-state index contributed by atoms with van der Waals surface area (Å²) in [7, 11) is 0. The van der Waals surface area contributed by atoms with E-state index >= 15 is 0 Å². The first-order valence-corrected chi connectivity index (χ1v) is 10.7. The maximum Gasteiger partial charge on any atom is 0.257 e. The fourth-order valence-electron chi connectivity index (χ4n) is 3.76. The van der Waals surface area contributed by atoms with Gasteiger partial charge in [-0.3, -0.25) is 4.79 Å². The third kappa shape index (κ3) is 4.16. The number of carbonyl (C=O) groups excluding carboxylic acids is 1. The van der Waals surface area contributed by atoms with Gasteiger partial charge in [-0.05, 0) is 36.2 Å². The van der Waals surface area contributed by atoms with Crippen LogP contribution < -0.4 is 4.90 Å². The summed E-state index contributed by atoms with van der Waals surface area (Å²) in [6.45, 7) is 6.84. The molecule has 0 bridgehead atoms. The summed E-state index contributed by atoms with van der Waals surface area (Å²) in [6.07, 6.45) is 3.32. The molecule has 1 aromatic carbocycles. The van der Waals surface area contributed by atoms with Crippen molar-refractivity contribution in [3.05, 3.63) is 70.1 Å². The molecule has 0 saturated carbocycles. The van der Waals surface area contributed by atoms with Crippen LogP contribution in [0.5, 0.6) is 0 Å². The third-order valence-corrected chi connectivity index (χ3v) is 5.70. The van der Waals surface area contributed by atoms with Crippen LogP contribution in [0.15, 0.2) is 48.8 Å². The van der Waals surface area contributed by atoms with Crippen molar-refractivity contribution in [3.8, 4) is 5.69 Å². The van der Waals surface area contributed by atoms with Crippen LogP contribution in [0.4, 0.5) is 5.82 Å². The average molecular weight is 444 g/mol. The summed E-state index contributed by atoms with van der Waals surface area (Å²) < 4.78 is 1.82. The molecular formula is C22H23Cl2N5O. The Kier molecular flexibility index (Phi) is 5.97. The average Bonchev–Trinajstić information content (AvgIpc) is 3.19. The second-order valence-electron chi connectivity index (χ2n) is 7.60. The molecule has 0 unspecified atom stereocenters. The zero-order chi connectivity index (χ0) is 21.3. The number of amides is 1. The molecule has 1 aliphatic rings. The van der Waals surface area contributed by atoms with E-state index in [1.807, 2.05) is 46.0 Å². The lowest BCUT2D eigenvalue weighted by atomic mass is 10.0. The molecule has 1 aliphatic heterocycles. The molecule has 6 nitrogen and oxygen atoms in total. The molecule has 0 aliphatic carbocycles. The monoisotopic (exact) mass is 443 g/mol. The topological polar surface area (TPSA) is 54.3 Å². The van der Waals surface area contributed by atoms with E-state index in [4.69, 9.17) is 23.2 Å². The van der Waals surface area contributed by atoms with Gasteiger partial charge in [0.1, 0.15) is 5.82 Å². The quantitative estimate of drug-likeness (QED) is 0.588. The molecule has 1 saturated heterocycles. The summed E-state index contributed by atoms with van der Waals surface area (Å²) in [5, 5.41) is 5.77. The van der Waals surface area contributed by atoms with Crippen molar-refractivity contribution < 1.29 is 4.79 Å². The van der Waals surface area contributed by atoms with Crippen molar-refractivity contribution in [1.29, 1.82) is 0 Å². The molecule has 1 fully saturated rings. The van der Waals surface area contributed by atoms with Crippen molar-refractivity contribution in [2.24, 2.45) is 0 Å². The van der Waals surface area contributed by atoms with Crippen molar-refractivity contribution in [3.63, 3.8) is 0 Å². The van der Waals surface area contributed by atoms with Gasteiger partial charge in [0.2, 0.25) is 0 Å². The highest BCUT2D eigenvalue weighted by molar-refractivity contribution is 6.30. The van der Waals surface area contributed by atoms with E-state index in [9.17, 15) is 4.79 Å². The normalized spacial score (nSPS) is 14.4. The maximum atomic E-state index is 13.3. The van der Waals surface area contributed by atoms with Crippen LogP contribution >= 0.6 is 23.2 Å². The molecule has 30 heavy (non-hydrogen) atoms. The van der Waals surface area contributed by atoms with Crippen molar-refractivity contribution in [2.75, 3.05) is 31.1 Å². The standard InChI is InChI=1S/C22H23Cl2N5O/c1-15(2)21-19(14-26-29(21)18-5-3-4-16(23)12-18)22(30)28-10-8-27(9-11-28)20-7-6-17(24)13-25-20/h3-7,12-15H,8-11H2,1-2H3. The van der Waals surface area contributed by atoms with Gasteiger partial charge in [-0.1, -0.05) is 43.1 Å². The van der Waals surface area contributed by atoms with Gasteiger partial charge in [0.25, 0.3) is 5.91 Å². The summed E-state index contributed by atoms with van der Waals surface area (Å²) in [5.41, 5.74) is 2.39. The number of hydrogen-bond acceptors (Lipinski definition) is 4. The van der Waals surface area contributed by atoms with Crippen LogP contribution in [0.2, 0.25) is 10.0 Å². The van der Waals surface area contributed by atoms with E-state index in [-0.39, 0.29) is 11.8 Å². The number of benzene rings is 1. The predicted molar refractivity (Wildman–Crippen MR) is 120 cm³/mol. The Morgan fingerprint density at radius 2 is 1.77 bits per heavy atom. The highest BCUT2D eigenvalue weighted by Crippen LogP contribution is 2.26. The Morgan fingerprint density at radius 1 is 1.00 bits per heavy atom. The Bertz CT molecular complexity index is 1040. The minimum absolute atomic E-state index is 0.00990. The highest BCUT2D eigenvalue weighted by Gasteiger charge is 2.28. The predicted octanol–water partition coefficient (Wildman–Crippen LogP) is 4.66. The van der Waals surface area contributed by atoms with Crippen LogP contribution in [0.3, 0.4) is 0 Å². The second-order valence-corrected chi connectivity index (χ2v) is 8.48. The summed E-state index contributed by atoms with van der Waals surface area (Å²) in [4.78, 5) is 21.7. The Balaban J connectivity index is 1.53. The zero-order valence-electron chi connectivity index (χ0n) is 16.9. The number of hydrogen-bond donors (Lipinski definition) is 0. The SMILES string of the molecule is CC(C)c1c(C(=O)N2CCN(c3ccc(Cl)cn3)CC2)cnn1-c1cccc(Cl)c1. The molecule has 156 valence electrons. The second kappa shape index (κ2) is 8.66. The molecule has 3 aromatic rings. The molecule has 0 radical (unpaired) electrons. The van der Waals surface area contributed by atoms with Crippen molar-refractivity contribution in [1.82, 2.24) is 19.7 Å². The number of nitrogens with zero attached hydrogens (tertiary/aromatic N) is 5. The molecule has 3 heterocycles. The van der Waals surface area contributed by atoms with Gasteiger partial charge in [-0.25, -0.2) is 9.67 Å². The Hall–Kier alpha value is -2.57. The van der Waals surface area contributed by atoms with Gasteiger partial charge >= 0.3 is 0 Å². The van der Waals surface area contributed by atoms with E-state index in [1.165, 1.54) is 0 Å². The summed E-state index contributed by atoms with van der Waals surface area (Å²) in [6, 6.07) is 11.2. The van der Waals surface area contributed by atoms with E-state index in [0.717, 1.165) is 30.3 Å². The molecule has 0 atom stereocenters. The first kappa shape index (κ1) is 20.7. The number of anilines is 1. The number of rotatable bonds is 4. The van der Waals surface area contributed by atoms with E-state index in [2.05, 4.69) is 28.8 Å². The van der Waals surface area contributed by atoms with Crippen LogP contribution in [0.1, 0.15) is 35.8 Å². The van der Waals surface area contributed by atoms with Gasteiger partial charge in [-0.15, -0.1) is 0 Å². The fraction of sp³-hybridized carbons (Fsp3) is 0.318. The van der Waals surface area contributed by atoms with Gasteiger partial charge in [0.15, 0.2) is 0 Å². The third-order valence-electron chi connectivity index (χ3n) is 5.24. The maximum absolute atomic E-state index is 13.3. The number of aromatic nitrogens is 3. The van der Waals surface area contributed by atoms with Crippen LogP contribution in [-0.4, -0.2) is 51.8 Å². The van der Waals surface area contributed by atoms with Crippen LogP contribution in [-0.2, 0) is 0 Å². The molecule has 0 N–H and O–H groups in total. The van der Waals surface area contributed by atoms with Gasteiger partial charge < -0.3 is 9.80 Å². The lowest BCUT2D eigenvalue weighted by Gasteiger charge is -2.35. The van der Waals surface area contributed by atoms with Gasteiger partial charge in [0, 0.05) is 37.4 Å². The number of carbonyl (C=O) groups is 1. The molecule has 8 heteroatoms. The Labute approximate surface area is 186 Å². The van der Waals surface area contributed by atoms with Crippen LogP contribution in [0.25, 0.3) is 5.69 Å². The van der Waals surface area contributed by atoms with E-state index < -0.39 is 0 Å². The van der Waals surface area contributed by atoms with Crippen molar-refractivity contribution in [2.45, 2.75) is 19.8 Å². The first-order chi connectivity index (χ1) is 14.4. The van der Waals surface area contributed by atoms with Gasteiger partial charge in [0.05, 0.1) is 28.2 Å². The summed E-state index contributed by atoms with van der Waals surface area (Å²) in [5.74, 6) is 1.02. The lowest BCUT2D eigenvalue weighted by molar-refractivity contribution is 0.0745. The minimum atomic E-state index is 0.00990. The molecule has 2 aromatic heterocycles. The highest BCUT2D eigenvalue weighted by atomic mass is 35.5. The molecule has 1 amide bonds. The Morgan fingerprint density at radius 3 is 2.40 bits per heavy atom. The van der Waals surface area contributed by atoms with E-state index in [1.54, 1.807) is 12.4 Å². The molecule has 4 rings (SSSR count). The molecule has 0 spiro atoms. The minimum Gasteiger partial charge on any atom is -0.353 e. The number of pyridine rings is 1. The molecular weight excluding hydrogens is 421 g/mol. The zero-order valence-corrected chi connectivity index (χ0v) is 18.4. The largest absolute Gasteiger partial charge is 0.353 e.